The predicted octanol–water partition coefficient (Wildman–Crippen LogP) is 5.19. The number of thioether (sulfide) groups is 1. The highest BCUT2D eigenvalue weighted by atomic mass is 32.2. The zero-order chi connectivity index (χ0) is 22.4. The number of nitro groups is 1. The van der Waals surface area contributed by atoms with Crippen molar-refractivity contribution in [2.45, 2.75) is 18.7 Å². The van der Waals surface area contributed by atoms with E-state index in [0.29, 0.717) is 5.69 Å². The Hall–Kier alpha value is -3.65. The minimum Gasteiger partial charge on any atom is -0.325 e. The quantitative estimate of drug-likeness (QED) is 0.302. The van der Waals surface area contributed by atoms with E-state index in [0.717, 1.165) is 21.7 Å². The normalized spacial score (nSPS) is 10.4. The third-order valence-electron chi connectivity index (χ3n) is 4.45. The molecule has 0 saturated carbocycles. The first-order valence-corrected chi connectivity index (χ1v) is 10.5. The summed E-state index contributed by atoms with van der Waals surface area (Å²) in [4.78, 5) is 35.9. The van der Waals surface area contributed by atoms with Crippen molar-refractivity contribution in [1.29, 1.82) is 0 Å². The Morgan fingerprint density at radius 3 is 2.52 bits per heavy atom. The molecule has 0 heterocycles. The van der Waals surface area contributed by atoms with Crippen LogP contribution in [0.1, 0.15) is 21.5 Å². The Morgan fingerprint density at radius 1 is 0.968 bits per heavy atom. The van der Waals surface area contributed by atoms with E-state index in [4.69, 9.17) is 0 Å². The molecule has 8 heteroatoms. The maximum absolute atomic E-state index is 12.4. The van der Waals surface area contributed by atoms with Crippen molar-refractivity contribution in [3.8, 4) is 0 Å². The summed E-state index contributed by atoms with van der Waals surface area (Å²) in [6, 6.07) is 18.5. The second-order valence-corrected chi connectivity index (χ2v) is 7.99. The van der Waals surface area contributed by atoms with E-state index in [2.05, 4.69) is 10.6 Å². The highest BCUT2D eigenvalue weighted by molar-refractivity contribution is 8.00. The molecular formula is C23H21N3O4S. The zero-order valence-corrected chi connectivity index (χ0v) is 17.9. The van der Waals surface area contributed by atoms with Gasteiger partial charge in [-0.05, 0) is 55.3 Å². The molecule has 0 aromatic heterocycles. The summed E-state index contributed by atoms with van der Waals surface area (Å²) in [7, 11) is 0. The van der Waals surface area contributed by atoms with Gasteiger partial charge in [0.05, 0.1) is 10.7 Å². The summed E-state index contributed by atoms with van der Waals surface area (Å²) in [5.41, 5.74) is 3.45. The number of hydrogen-bond donors (Lipinski definition) is 2. The molecule has 3 rings (SSSR count). The van der Waals surface area contributed by atoms with Gasteiger partial charge in [-0.15, -0.1) is 11.8 Å². The molecule has 0 unspecified atom stereocenters. The molecular weight excluding hydrogens is 414 g/mol. The summed E-state index contributed by atoms with van der Waals surface area (Å²) in [6.45, 7) is 3.91. The number of aryl methyl sites for hydroxylation is 2. The van der Waals surface area contributed by atoms with Gasteiger partial charge in [0.1, 0.15) is 0 Å². The summed E-state index contributed by atoms with van der Waals surface area (Å²) in [6.07, 6.45) is 0. The van der Waals surface area contributed by atoms with E-state index in [1.165, 1.54) is 36.0 Å². The SMILES string of the molecule is Cc1ccc(C)c(NC(=O)CSc2cccc(NC(=O)c3cccc([N+](=O)[O-])c3)c2)c1. The van der Waals surface area contributed by atoms with Crippen LogP contribution in [0.5, 0.6) is 0 Å². The maximum atomic E-state index is 12.4. The molecule has 2 amide bonds. The molecule has 0 aliphatic carbocycles. The lowest BCUT2D eigenvalue weighted by molar-refractivity contribution is -0.384. The van der Waals surface area contributed by atoms with E-state index >= 15 is 0 Å². The van der Waals surface area contributed by atoms with Crippen molar-refractivity contribution in [3.05, 3.63) is 93.5 Å². The van der Waals surface area contributed by atoms with Crippen molar-refractivity contribution in [2.75, 3.05) is 16.4 Å². The number of non-ortho nitro benzene ring substituents is 1. The average molecular weight is 436 g/mol. The smallest absolute Gasteiger partial charge is 0.270 e. The van der Waals surface area contributed by atoms with Crippen LogP contribution < -0.4 is 10.6 Å². The van der Waals surface area contributed by atoms with Crippen LogP contribution in [0.4, 0.5) is 17.1 Å². The Balaban J connectivity index is 1.60. The summed E-state index contributed by atoms with van der Waals surface area (Å²) >= 11 is 1.35. The fraction of sp³-hybridized carbons (Fsp3) is 0.130. The summed E-state index contributed by atoms with van der Waals surface area (Å²) in [5.74, 6) is -0.349. The molecule has 0 fully saturated rings. The van der Waals surface area contributed by atoms with Gasteiger partial charge in [0.25, 0.3) is 11.6 Å². The molecule has 0 saturated heterocycles. The lowest BCUT2D eigenvalue weighted by Gasteiger charge is -2.10. The Kier molecular flexibility index (Phi) is 7.04. The van der Waals surface area contributed by atoms with Gasteiger partial charge < -0.3 is 10.6 Å². The Morgan fingerprint density at radius 2 is 1.74 bits per heavy atom. The highest BCUT2D eigenvalue weighted by Gasteiger charge is 2.12. The number of amides is 2. The lowest BCUT2D eigenvalue weighted by Crippen LogP contribution is -2.15. The number of anilines is 2. The molecule has 2 N–H and O–H groups in total. The molecule has 0 bridgehead atoms. The van der Waals surface area contributed by atoms with Gasteiger partial charge in [-0.2, -0.15) is 0 Å². The number of hydrogen-bond acceptors (Lipinski definition) is 5. The number of nitrogens with zero attached hydrogens (tertiary/aromatic N) is 1. The number of nitro benzene ring substituents is 1. The van der Waals surface area contributed by atoms with Crippen LogP contribution in [-0.2, 0) is 4.79 Å². The standard InChI is InChI=1S/C23H21N3O4S/c1-15-9-10-16(2)21(11-15)25-22(27)14-31-20-8-4-6-18(13-20)24-23(28)17-5-3-7-19(12-17)26(29)30/h3-13H,14H2,1-2H3,(H,24,28)(H,25,27). The molecule has 7 nitrogen and oxygen atoms in total. The van der Waals surface area contributed by atoms with E-state index in [1.54, 1.807) is 18.2 Å². The molecule has 0 radical (unpaired) electrons. The average Bonchev–Trinajstić information content (AvgIpc) is 2.75. The van der Waals surface area contributed by atoms with Crippen LogP contribution in [0.15, 0.2) is 71.6 Å². The van der Waals surface area contributed by atoms with Crippen molar-refractivity contribution >= 4 is 40.6 Å². The van der Waals surface area contributed by atoms with Crippen LogP contribution in [0, 0.1) is 24.0 Å². The van der Waals surface area contributed by atoms with Crippen LogP contribution in [0.3, 0.4) is 0 Å². The first kappa shape index (κ1) is 22.0. The highest BCUT2D eigenvalue weighted by Crippen LogP contribution is 2.23. The fourth-order valence-corrected chi connectivity index (χ4v) is 3.59. The Bertz CT molecular complexity index is 1150. The summed E-state index contributed by atoms with van der Waals surface area (Å²) < 4.78 is 0. The van der Waals surface area contributed by atoms with Gasteiger partial charge in [0.2, 0.25) is 5.91 Å². The van der Waals surface area contributed by atoms with E-state index in [-0.39, 0.29) is 22.9 Å². The molecule has 0 spiro atoms. The molecule has 0 aliphatic rings. The largest absolute Gasteiger partial charge is 0.325 e. The van der Waals surface area contributed by atoms with Gasteiger partial charge in [-0.1, -0.05) is 24.3 Å². The fourth-order valence-electron chi connectivity index (χ4n) is 2.83. The molecule has 0 atom stereocenters. The molecule has 158 valence electrons. The number of benzene rings is 3. The van der Waals surface area contributed by atoms with Gasteiger partial charge >= 0.3 is 0 Å². The van der Waals surface area contributed by atoms with Crippen LogP contribution in [0.2, 0.25) is 0 Å². The predicted molar refractivity (Wildman–Crippen MR) is 123 cm³/mol. The van der Waals surface area contributed by atoms with Crippen molar-refractivity contribution in [1.82, 2.24) is 0 Å². The minimum absolute atomic E-state index is 0.121. The number of carbonyl (C=O) groups is 2. The van der Waals surface area contributed by atoms with Gasteiger partial charge in [0, 0.05) is 34.0 Å². The minimum atomic E-state index is -0.544. The van der Waals surface area contributed by atoms with E-state index < -0.39 is 10.8 Å². The van der Waals surface area contributed by atoms with Crippen molar-refractivity contribution < 1.29 is 14.5 Å². The van der Waals surface area contributed by atoms with Crippen LogP contribution in [0.25, 0.3) is 0 Å². The van der Waals surface area contributed by atoms with Crippen LogP contribution in [-0.4, -0.2) is 22.5 Å². The molecule has 3 aromatic rings. The molecule has 0 aliphatic heterocycles. The third-order valence-corrected chi connectivity index (χ3v) is 5.44. The number of carbonyl (C=O) groups excluding carboxylic acids is 2. The van der Waals surface area contributed by atoms with Gasteiger partial charge in [0.15, 0.2) is 0 Å². The summed E-state index contributed by atoms with van der Waals surface area (Å²) in [5, 5.41) is 16.5. The zero-order valence-electron chi connectivity index (χ0n) is 17.0. The van der Waals surface area contributed by atoms with Crippen LogP contribution >= 0.6 is 11.8 Å². The first-order chi connectivity index (χ1) is 14.8. The lowest BCUT2D eigenvalue weighted by atomic mass is 10.1. The number of nitrogens with one attached hydrogen (secondary N) is 2. The maximum Gasteiger partial charge on any atom is 0.270 e. The second kappa shape index (κ2) is 9.90. The van der Waals surface area contributed by atoms with Crippen molar-refractivity contribution in [2.24, 2.45) is 0 Å². The number of rotatable bonds is 7. The van der Waals surface area contributed by atoms with Gasteiger partial charge in [-0.3, -0.25) is 19.7 Å². The molecule has 31 heavy (non-hydrogen) atoms. The van der Waals surface area contributed by atoms with E-state index in [1.807, 2.05) is 38.1 Å². The monoisotopic (exact) mass is 435 g/mol. The first-order valence-electron chi connectivity index (χ1n) is 9.47. The second-order valence-electron chi connectivity index (χ2n) is 6.94. The Labute approximate surface area is 184 Å². The third kappa shape index (κ3) is 6.16. The molecule has 3 aromatic carbocycles. The van der Waals surface area contributed by atoms with Crippen molar-refractivity contribution in [3.63, 3.8) is 0 Å². The van der Waals surface area contributed by atoms with Gasteiger partial charge in [-0.25, -0.2) is 0 Å². The topological polar surface area (TPSA) is 101 Å². The van der Waals surface area contributed by atoms with E-state index in [9.17, 15) is 19.7 Å².